The molecule has 2 atom stereocenters. The summed E-state index contributed by atoms with van der Waals surface area (Å²) in [6.45, 7) is 2.49. The van der Waals surface area contributed by atoms with Gasteiger partial charge < -0.3 is 18.6 Å². The van der Waals surface area contributed by atoms with Gasteiger partial charge in [0.05, 0.1) is 31.3 Å². The topological polar surface area (TPSA) is 81.6 Å². The Labute approximate surface area is 139 Å². The van der Waals surface area contributed by atoms with Gasteiger partial charge >= 0.3 is 0 Å². The van der Waals surface area contributed by atoms with E-state index in [2.05, 4.69) is 22.3 Å². The molecule has 126 valence electrons. The van der Waals surface area contributed by atoms with Gasteiger partial charge in [-0.25, -0.2) is 0 Å². The predicted molar refractivity (Wildman–Crippen MR) is 84.0 cm³/mol. The number of hydrogen-bond acceptors (Lipinski definition) is 6. The normalized spacial score (nSPS) is 24.2. The second-order valence-corrected chi connectivity index (χ2v) is 6.03. The Balaban J connectivity index is 1.56. The van der Waals surface area contributed by atoms with Crippen molar-refractivity contribution in [2.45, 2.75) is 18.8 Å². The second-order valence-electron chi connectivity index (χ2n) is 6.03. The van der Waals surface area contributed by atoms with E-state index in [0.717, 1.165) is 6.42 Å². The standard InChI is InChI=1S/C17H19N3O4/c21-17(20-7-10-22-11-8-20)13-5-2-1-4-12(13)16-18-15(19-24-16)14-6-3-9-23-14/h1-3,6,9,12-13H,4-5,7-8,10-11H2. The van der Waals surface area contributed by atoms with Gasteiger partial charge in [0.25, 0.3) is 0 Å². The van der Waals surface area contributed by atoms with Gasteiger partial charge in [-0.3, -0.25) is 4.79 Å². The zero-order chi connectivity index (χ0) is 16.4. The first-order chi connectivity index (χ1) is 11.8. The van der Waals surface area contributed by atoms with Crippen LogP contribution in [0.15, 0.2) is 39.5 Å². The van der Waals surface area contributed by atoms with Crippen molar-refractivity contribution in [2.24, 2.45) is 5.92 Å². The van der Waals surface area contributed by atoms with Crippen molar-refractivity contribution in [3.8, 4) is 11.6 Å². The van der Waals surface area contributed by atoms with Crippen LogP contribution in [0.2, 0.25) is 0 Å². The van der Waals surface area contributed by atoms with E-state index in [1.165, 1.54) is 0 Å². The fourth-order valence-electron chi connectivity index (χ4n) is 3.27. The number of furan rings is 1. The van der Waals surface area contributed by atoms with Crippen LogP contribution in [0.5, 0.6) is 0 Å². The van der Waals surface area contributed by atoms with E-state index in [4.69, 9.17) is 13.7 Å². The van der Waals surface area contributed by atoms with Gasteiger partial charge in [-0.15, -0.1) is 0 Å². The number of amides is 1. The maximum atomic E-state index is 12.9. The monoisotopic (exact) mass is 329 g/mol. The highest BCUT2D eigenvalue weighted by Gasteiger charge is 2.36. The molecule has 2 aromatic rings. The molecule has 2 unspecified atom stereocenters. The van der Waals surface area contributed by atoms with Crippen LogP contribution in [-0.4, -0.2) is 47.3 Å². The molecule has 2 aliphatic rings. The van der Waals surface area contributed by atoms with Gasteiger partial charge in [0.15, 0.2) is 5.76 Å². The molecule has 1 saturated heterocycles. The van der Waals surface area contributed by atoms with Crippen LogP contribution in [-0.2, 0) is 9.53 Å². The molecule has 0 aromatic carbocycles. The third kappa shape index (κ3) is 2.87. The number of morpholine rings is 1. The first-order valence-electron chi connectivity index (χ1n) is 8.22. The molecular formula is C17H19N3O4. The zero-order valence-electron chi connectivity index (χ0n) is 13.3. The Kier molecular flexibility index (Phi) is 4.17. The number of nitrogens with zero attached hydrogens (tertiary/aromatic N) is 3. The predicted octanol–water partition coefficient (Wildman–Crippen LogP) is 2.24. The molecule has 3 heterocycles. The molecule has 7 heteroatoms. The summed E-state index contributed by atoms with van der Waals surface area (Å²) in [5.74, 6) is 1.36. The Morgan fingerprint density at radius 2 is 2.04 bits per heavy atom. The summed E-state index contributed by atoms with van der Waals surface area (Å²) in [5, 5.41) is 3.99. The lowest BCUT2D eigenvalue weighted by atomic mass is 9.81. The molecule has 0 saturated carbocycles. The molecule has 1 amide bonds. The third-order valence-corrected chi connectivity index (χ3v) is 4.57. The molecule has 1 fully saturated rings. The minimum Gasteiger partial charge on any atom is -0.461 e. The molecule has 0 spiro atoms. The average Bonchev–Trinajstić information content (AvgIpc) is 3.33. The van der Waals surface area contributed by atoms with Crippen LogP contribution in [0.1, 0.15) is 24.7 Å². The molecule has 2 aromatic heterocycles. The molecule has 4 rings (SSSR count). The molecule has 7 nitrogen and oxygen atoms in total. The highest BCUT2D eigenvalue weighted by Crippen LogP contribution is 2.36. The van der Waals surface area contributed by atoms with Gasteiger partial charge in [0.1, 0.15) is 0 Å². The van der Waals surface area contributed by atoms with Crippen LogP contribution in [0.25, 0.3) is 11.6 Å². The Morgan fingerprint density at radius 1 is 1.21 bits per heavy atom. The van der Waals surface area contributed by atoms with E-state index in [1.54, 1.807) is 18.4 Å². The summed E-state index contributed by atoms with van der Waals surface area (Å²) < 4.78 is 16.1. The smallest absolute Gasteiger partial charge is 0.238 e. The lowest BCUT2D eigenvalue weighted by molar-refractivity contribution is -0.140. The largest absolute Gasteiger partial charge is 0.461 e. The molecular weight excluding hydrogens is 310 g/mol. The Morgan fingerprint density at radius 3 is 2.83 bits per heavy atom. The van der Waals surface area contributed by atoms with Gasteiger partial charge in [0.2, 0.25) is 17.6 Å². The minimum absolute atomic E-state index is 0.0958. The molecule has 1 aliphatic heterocycles. The maximum absolute atomic E-state index is 12.9. The fraction of sp³-hybridized carbons (Fsp3) is 0.471. The number of carbonyl (C=O) groups is 1. The number of ether oxygens (including phenoxy) is 1. The van der Waals surface area contributed by atoms with E-state index in [0.29, 0.717) is 50.2 Å². The Bertz CT molecular complexity index is 716. The Hall–Kier alpha value is -2.41. The summed E-state index contributed by atoms with van der Waals surface area (Å²) in [4.78, 5) is 19.2. The van der Waals surface area contributed by atoms with Crippen LogP contribution in [0.3, 0.4) is 0 Å². The fourth-order valence-corrected chi connectivity index (χ4v) is 3.27. The summed E-state index contributed by atoms with van der Waals surface area (Å²) in [6.07, 6.45) is 7.12. The maximum Gasteiger partial charge on any atom is 0.238 e. The molecule has 0 radical (unpaired) electrons. The first-order valence-corrected chi connectivity index (χ1v) is 8.22. The first kappa shape index (κ1) is 15.1. The molecule has 0 bridgehead atoms. The van der Waals surface area contributed by atoms with Crippen LogP contribution in [0, 0.1) is 5.92 Å². The van der Waals surface area contributed by atoms with Crippen molar-refractivity contribution in [1.29, 1.82) is 0 Å². The van der Waals surface area contributed by atoms with Crippen molar-refractivity contribution in [2.75, 3.05) is 26.3 Å². The number of hydrogen-bond donors (Lipinski definition) is 0. The van der Waals surface area contributed by atoms with Gasteiger partial charge in [-0.05, 0) is 25.0 Å². The summed E-state index contributed by atoms with van der Waals surface area (Å²) in [7, 11) is 0. The van der Waals surface area contributed by atoms with Crippen molar-refractivity contribution in [3.05, 3.63) is 36.4 Å². The van der Waals surface area contributed by atoms with Crippen LogP contribution in [0.4, 0.5) is 0 Å². The second kappa shape index (κ2) is 6.60. The summed E-state index contributed by atoms with van der Waals surface area (Å²) >= 11 is 0. The molecule has 0 N–H and O–H groups in total. The van der Waals surface area contributed by atoms with E-state index in [9.17, 15) is 4.79 Å². The van der Waals surface area contributed by atoms with Gasteiger partial charge in [0, 0.05) is 13.1 Å². The average molecular weight is 329 g/mol. The van der Waals surface area contributed by atoms with Gasteiger partial charge in [-0.2, -0.15) is 4.98 Å². The highest BCUT2D eigenvalue weighted by molar-refractivity contribution is 5.80. The van der Waals surface area contributed by atoms with Crippen LogP contribution >= 0.6 is 0 Å². The lowest BCUT2D eigenvalue weighted by Gasteiger charge is -2.33. The third-order valence-electron chi connectivity index (χ3n) is 4.57. The number of aromatic nitrogens is 2. The van der Waals surface area contributed by atoms with Crippen molar-refractivity contribution in [3.63, 3.8) is 0 Å². The number of carbonyl (C=O) groups excluding carboxylic acids is 1. The molecule has 24 heavy (non-hydrogen) atoms. The highest BCUT2D eigenvalue weighted by atomic mass is 16.5. The van der Waals surface area contributed by atoms with E-state index in [-0.39, 0.29) is 17.7 Å². The van der Waals surface area contributed by atoms with Crippen molar-refractivity contribution >= 4 is 5.91 Å². The number of rotatable bonds is 3. The van der Waals surface area contributed by atoms with Crippen molar-refractivity contribution in [1.82, 2.24) is 15.0 Å². The lowest BCUT2D eigenvalue weighted by Crippen LogP contribution is -2.45. The van der Waals surface area contributed by atoms with E-state index >= 15 is 0 Å². The summed E-state index contributed by atoms with van der Waals surface area (Å²) in [5.41, 5.74) is 0. The quantitative estimate of drug-likeness (QED) is 0.803. The molecule has 1 aliphatic carbocycles. The zero-order valence-corrected chi connectivity index (χ0v) is 13.3. The van der Waals surface area contributed by atoms with Gasteiger partial charge in [-0.1, -0.05) is 17.3 Å². The van der Waals surface area contributed by atoms with E-state index in [1.807, 2.05) is 4.90 Å². The van der Waals surface area contributed by atoms with Crippen LogP contribution < -0.4 is 0 Å². The van der Waals surface area contributed by atoms with Crippen molar-refractivity contribution < 1.29 is 18.5 Å². The van der Waals surface area contributed by atoms with E-state index < -0.39 is 0 Å². The minimum atomic E-state index is -0.169. The number of allylic oxidation sites excluding steroid dienone is 2. The summed E-state index contributed by atoms with van der Waals surface area (Å²) in [6, 6.07) is 3.56. The SMILES string of the molecule is O=C(C1CC=CCC1c1nc(-c2ccco2)no1)N1CCOCC1.